The minimum atomic E-state index is -0.600. The van der Waals surface area contributed by atoms with Crippen molar-refractivity contribution >= 4 is 29.1 Å². The fourth-order valence-corrected chi connectivity index (χ4v) is 3.03. The molecule has 0 bridgehead atoms. The zero-order valence-corrected chi connectivity index (χ0v) is 13.3. The Bertz CT molecular complexity index is 668. The Morgan fingerprint density at radius 2 is 2.18 bits per heavy atom. The quantitative estimate of drug-likeness (QED) is 0.928. The van der Waals surface area contributed by atoms with Crippen molar-refractivity contribution in [3.05, 3.63) is 52.3 Å². The van der Waals surface area contributed by atoms with Gasteiger partial charge < -0.3 is 10.6 Å². The minimum Gasteiger partial charge on any atom is -0.337 e. The van der Waals surface area contributed by atoms with Crippen molar-refractivity contribution in [3.8, 4) is 0 Å². The molecule has 0 spiro atoms. The summed E-state index contributed by atoms with van der Waals surface area (Å²) < 4.78 is 1.87. The summed E-state index contributed by atoms with van der Waals surface area (Å²) in [7, 11) is 0. The van der Waals surface area contributed by atoms with Gasteiger partial charge in [0.15, 0.2) is 0 Å². The van der Waals surface area contributed by atoms with E-state index in [0.717, 1.165) is 5.56 Å². The first-order valence-corrected chi connectivity index (χ1v) is 7.77. The van der Waals surface area contributed by atoms with Crippen LogP contribution in [0.1, 0.15) is 11.6 Å². The minimum absolute atomic E-state index is 0.0607. The van der Waals surface area contributed by atoms with Gasteiger partial charge >= 0.3 is 0 Å². The molecule has 2 heterocycles. The monoisotopic (exact) mass is 338 g/mol. The number of halogens is 2. The SMILES string of the molecule is N[C@H](Cc1ccc(Cl)cc1Cl)C(=O)N1CC(n2cccn2)C1. The van der Waals surface area contributed by atoms with Gasteiger partial charge in [0, 0.05) is 35.5 Å². The molecule has 2 N–H and O–H groups in total. The van der Waals surface area contributed by atoms with Crippen LogP contribution in [0.3, 0.4) is 0 Å². The third-order valence-corrected chi connectivity index (χ3v) is 4.43. The summed E-state index contributed by atoms with van der Waals surface area (Å²) in [5.74, 6) is -0.0607. The normalized spacial score (nSPS) is 16.4. The van der Waals surface area contributed by atoms with Crippen LogP contribution in [0.2, 0.25) is 10.0 Å². The van der Waals surface area contributed by atoms with E-state index in [4.69, 9.17) is 28.9 Å². The molecule has 1 aromatic heterocycles. The predicted octanol–water partition coefficient (Wildman–Crippen LogP) is 2.14. The summed E-state index contributed by atoms with van der Waals surface area (Å²) in [4.78, 5) is 14.1. The number of likely N-dealkylation sites (tertiary alicyclic amines) is 1. The fraction of sp³-hybridized carbons (Fsp3) is 0.333. The lowest BCUT2D eigenvalue weighted by Crippen LogP contribution is -2.56. The molecule has 1 aliphatic rings. The van der Waals surface area contributed by atoms with Gasteiger partial charge in [0.25, 0.3) is 0 Å². The van der Waals surface area contributed by atoms with Crippen LogP contribution in [0.5, 0.6) is 0 Å². The molecule has 2 aromatic rings. The summed E-state index contributed by atoms with van der Waals surface area (Å²) in [5, 5.41) is 5.29. The van der Waals surface area contributed by atoms with E-state index in [2.05, 4.69) is 5.10 Å². The largest absolute Gasteiger partial charge is 0.337 e. The lowest BCUT2D eigenvalue weighted by atomic mass is 10.0. The summed E-state index contributed by atoms with van der Waals surface area (Å²) in [5.41, 5.74) is 6.86. The number of benzene rings is 1. The van der Waals surface area contributed by atoms with E-state index in [9.17, 15) is 4.79 Å². The lowest BCUT2D eigenvalue weighted by Gasteiger charge is -2.40. The van der Waals surface area contributed by atoms with Crippen LogP contribution in [-0.4, -0.2) is 39.7 Å². The molecule has 1 aromatic carbocycles. The number of amides is 1. The highest BCUT2D eigenvalue weighted by molar-refractivity contribution is 6.35. The first-order valence-electron chi connectivity index (χ1n) is 7.02. The molecule has 0 aliphatic carbocycles. The second kappa shape index (κ2) is 6.28. The second-order valence-corrected chi connectivity index (χ2v) is 6.27. The van der Waals surface area contributed by atoms with Gasteiger partial charge in [-0.3, -0.25) is 9.48 Å². The fourth-order valence-electron chi connectivity index (χ4n) is 2.55. The van der Waals surface area contributed by atoms with E-state index in [0.29, 0.717) is 29.6 Å². The lowest BCUT2D eigenvalue weighted by molar-refractivity contribution is -0.138. The van der Waals surface area contributed by atoms with Crippen molar-refractivity contribution < 1.29 is 4.79 Å². The Balaban J connectivity index is 1.57. The van der Waals surface area contributed by atoms with E-state index in [1.165, 1.54) is 0 Å². The van der Waals surface area contributed by atoms with Crippen molar-refractivity contribution in [1.82, 2.24) is 14.7 Å². The number of hydrogen-bond donors (Lipinski definition) is 1. The smallest absolute Gasteiger partial charge is 0.239 e. The highest BCUT2D eigenvalue weighted by Gasteiger charge is 2.34. The van der Waals surface area contributed by atoms with Gasteiger partial charge in [0.2, 0.25) is 5.91 Å². The number of hydrogen-bond acceptors (Lipinski definition) is 3. The Labute approximate surface area is 138 Å². The standard InChI is InChI=1S/C15H16Cl2N4O/c16-11-3-2-10(13(17)7-11)6-14(18)15(22)20-8-12(9-20)21-5-1-4-19-21/h1-5,7,12,14H,6,8-9,18H2/t14-/m1/s1. The van der Waals surface area contributed by atoms with Gasteiger partial charge in [0.1, 0.15) is 0 Å². The van der Waals surface area contributed by atoms with Crippen molar-refractivity contribution in [3.63, 3.8) is 0 Å². The summed E-state index contributed by atoms with van der Waals surface area (Å²) in [6.45, 7) is 1.28. The van der Waals surface area contributed by atoms with Crippen LogP contribution >= 0.6 is 23.2 Å². The zero-order valence-electron chi connectivity index (χ0n) is 11.8. The first kappa shape index (κ1) is 15.3. The third kappa shape index (κ3) is 3.11. The molecule has 5 nitrogen and oxygen atoms in total. The summed E-state index contributed by atoms with van der Waals surface area (Å²) in [6, 6.07) is 6.73. The second-order valence-electron chi connectivity index (χ2n) is 5.43. The molecule has 1 atom stereocenters. The van der Waals surface area contributed by atoms with E-state index >= 15 is 0 Å². The number of carbonyl (C=O) groups excluding carboxylic acids is 1. The van der Waals surface area contributed by atoms with Gasteiger partial charge in [-0.25, -0.2) is 0 Å². The molecule has 1 aliphatic heterocycles. The van der Waals surface area contributed by atoms with Crippen molar-refractivity contribution in [2.24, 2.45) is 5.73 Å². The highest BCUT2D eigenvalue weighted by Crippen LogP contribution is 2.24. The number of nitrogens with zero attached hydrogens (tertiary/aromatic N) is 3. The molecule has 116 valence electrons. The average Bonchev–Trinajstić information content (AvgIpc) is 2.94. The molecular formula is C15H16Cl2N4O. The van der Waals surface area contributed by atoms with Gasteiger partial charge in [-0.05, 0) is 30.2 Å². The topological polar surface area (TPSA) is 64.2 Å². The van der Waals surface area contributed by atoms with Crippen LogP contribution in [0, 0.1) is 0 Å². The molecule has 7 heteroatoms. The molecule has 0 saturated carbocycles. The van der Waals surface area contributed by atoms with Crippen LogP contribution in [0.15, 0.2) is 36.7 Å². The first-order chi connectivity index (χ1) is 10.5. The molecule has 0 radical (unpaired) electrons. The maximum Gasteiger partial charge on any atom is 0.239 e. The molecule has 1 fully saturated rings. The van der Waals surface area contributed by atoms with Gasteiger partial charge in [0.05, 0.1) is 12.1 Å². The van der Waals surface area contributed by atoms with Crippen LogP contribution in [0.4, 0.5) is 0 Å². The Kier molecular flexibility index (Phi) is 4.38. The number of rotatable bonds is 4. The Morgan fingerprint density at radius 1 is 1.41 bits per heavy atom. The number of aromatic nitrogens is 2. The summed E-state index contributed by atoms with van der Waals surface area (Å²) >= 11 is 12.0. The Hall–Kier alpha value is -1.56. The van der Waals surface area contributed by atoms with Crippen LogP contribution in [0.25, 0.3) is 0 Å². The van der Waals surface area contributed by atoms with E-state index < -0.39 is 6.04 Å². The van der Waals surface area contributed by atoms with Crippen LogP contribution < -0.4 is 5.73 Å². The van der Waals surface area contributed by atoms with E-state index in [1.807, 2.05) is 16.9 Å². The van der Waals surface area contributed by atoms with E-state index in [1.54, 1.807) is 29.3 Å². The summed E-state index contributed by atoms with van der Waals surface area (Å²) in [6.07, 6.45) is 4.04. The van der Waals surface area contributed by atoms with Gasteiger partial charge in [-0.1, -0.05) is 29.3 Å². The van der Waals surface area contributed by atoms with Gasteiger partial charge in [-0.2, -0.15) is 5.10 Å². The molecule has 1 amide bonds. The zero-order chi connectivity index (χ0) is 15.7. The number of carbonyl (C=O) groups is 1. The molecule has 1 saturated heterocycles. The third-order valence-electron chi connectivity index (χ3n) is 3.85. The van der Waals surface area contributed by atoms with E-state index in [-0.39, 0.29) is 11.9 Å². The molecule has 3 rings (SSSR count). The molecule has 22 heavy (non-hydrogen) atoms. The maximum absolute atomic E-state index is 12.3. The molecular weight excluding hydrogens is 323 g/mol. The molecule has 0 unspecified atom stereocenters. The van der Waals surface area contributed by atoms with Gasteiger partial charge in [-0.15, -0.1) is 0 Å². The maximum atomic E-state index is 12.3. The van der Waals surface area contributed by atoms with Crippen LogP contribution in [-0.2, 0) is 11.2 Å². The predicted molar refractivity (Wildman–Crippen MR) is 86.0 cm³/mol. The number of nitrogens with two attached hydrogens (primary N) is 1. The van der Waals surface area contributed by atoms with Crippen molar-refractivity contribution in [2.75, 3.05) is 13.1 Å². The van der Waals surface area contributed by atoms with Crippen molar-refractivity contribution in [1.29, 1.82) is 0 Å². The highest BCUT2D eigenvalue weighted by atomic mass is 35.5. The Morgan fingerprint density at radius 3 is 2.82 bits per heavy atom. The average molecular weight is 339 g/mol. The van der Waals surface area contributed by atoms with Crippen molar-refractivity contribution in [2.45, 2.75) is 18.5 Å².